The first-order valence-corrected chi connectivity index (χ1v) is 12.0. The van der Waals surface area contributed by atoms with Gasteiger partial charge >= 0.3 is 0 Å². The third kappa shape index (κ3) is 5.05. The Morgan fingerprint density at radius 2 is 1.78 bits per heavy atom. The van der Waals surface area contributed by atoms with Gasteiger partial charge in [-0.1, -0.05) is 49.4 Å². The molecule has 0 fully saturated rings. The maximum Gasteiger partial charge on any atom is 0.271 e. The molecular weight excluding hydrogens is 430 g/mol. The lowest BCUT2D eigenvalue weighted by molar-refractivity contribution is -0.384. The molecule has 1 N–H and O–H groups in total. The summed E-state index contributed by atoms with van der Waals surface area (Å²) in [6.45, 7) is 3.58. The monoisotopic (exact) mass is 455 g/mol. The lowest BCUT2D eigenvalue weighted by atomic mass is 10.1. The van der Waals surface area contributed by atoms with Gasteiger partial charge in [-0.05, 0) is 41.3 Å². The highest BCUT2D eigenvalue weighted by molar-refractivity contribution is 7.92. The first-order chi connectivity index (χ1) is 15.1. The Bertz CT molecular complexity index is 1270. The molecule has 0 spiro atoms. The average molecular weight is 456 g/mol. The van der Waals surface area contributed by atoms with Crippen LogP contribution in [0.3, 0.4) is 0 Å². The van der Waals surface area contributed by atoms with Crippen molar-refractivity contribution in [3.8, 4) is 0 Å². The van der Waals surface area contributed by atoms with E-state index in [2.05, 4.69) is 5.32 Å². The smallest absolute Gasteiger partial charge is 0.271 e. The highest BCUT2D eigenvalue weighted by Crippen LogP contribution is 2.30. The summed E-state index contributed by atoms with van der Waals surface area (Å²) in [7, 11) is -3.90. The van der Waals surface area contributed by atoms with Crippen LogP contribution in [0, 0.1) is 17.0 Å². The number of carbonyl (C=O) groups excluding carboxylic acids is 1. The number of nitro groups is 1. The van der Waals surface area contributed by atoms with Gasteiger partial charge in [-0.15, -0.1) is 0 Å². The Morgan fingerprint density at radius 1 is 1.09 bits per heavy atom. The molecule has 3 rings (SSSR count). The maximum atomic E-state index is 13.1. The van der Waals surface area contributed by atoms with Crippen LogP contribution in [0.4, 0.5) is 11.4 Å². The van der Waals surface area contributed by atoms with Crippen LogP contribution in [0.25, 0.3) is 10.8 Å². The van der Waals surface area contributed by atoms with Crippen molar-refractivity contribution in [3.05, 3.63) is 81.9 Å². The Labute approximate surface area is 187 Å². The van der Waals surface area contributed by atoms with E-state index < -0.39 is 26.9 Å². The summed E-state index contributed by atoms with van der Waals surface area (Å²) < 4.78 is 26.3. The molecule has 0 saturated carbocycles. The second-order valence-electron chi connectivity index (χ2n) is 7.61. The van der Waals surface area contributed by atoms with E-state index in [1.807, 2.05) is 42.5 Å². The molecule has 0 aliphatic heterocycles. The Balaban J connectivity index is 1.89. The molecule has 1 amide bonds. The molecule has 3 aromatic carbocycles. The summed E-state index contributed by atoms with van der Waals surface area (Å²) in [6.07, 6.45) is 1.18. The summed E-state index contributed by atoms with van der Waals surface area (Å²) in [5.41, 5.74) is 1.27. The molecule has 0 saturated heterocycles. The fraction of sp³-hybridized carbons (Fsp3) is 0.261. The zero-order valence-electron chi connectivity index (χ0n) is 18.1. The summed E-state index contributed by atoms with van der Waals surface area (Å²) in [4.78, 5) is 23.7. The normalized spacial score (nSPS) is 12.3. The highest BCUT2D eigenvalue weighted by Gasteiger charge is 2.33. The minimum Gasteiger partial charge on any atom is -0.350 e. The van der Waals surface area contributed by atoms with Gasteiger partial charge in [-0.25, -0.2) is 8.42 Å². The number of hydrogen-bond donors (Lipinski definition) is 1. The van der Waals surface area contributed by atoms with E-state index in [9.17, 15) is 23.3 Å². The van der Waals surface area contributed by atoms with Gasteiger partial charge in [0.25, 0.3) is 5.69 Å². The zero-order valence-corrected chi connectivity index (χ0v) is 18.9. The van der Waals surface area contributed by atoms with Crippen LogP contribution in [0.15, 0.2) is 60.7 Å². The predicted molar refractivity (Wildman–Crippen MR) is 125 cm³/mol. The molecule has 9 heteroatoms. The number of non-ortho nitro benzene ring substituents is 1. The number of amides is 1. The van der Waals surface area contributed by atoms with Crippen LogP contribution in [0.2, 0.25) is 0 Å². The SMILES string of the molecule is CCC(C(=O)NCc1ccc2ccccc2c1)N(c1cc([N+](=O)[O-])ccc1C)S(C)(=O)=O. The highest BCUT2D eigenvalue weighted by atomic mass is 32.2. The molecule has 32 heavy (non-hydrogen) atoms. The first-order valence-electron chi connectivity index (χ1n) is 10.1. The fourth-order valence-electron chi connectivity index (χ4n) is 3.64. The number of aryl methyl sites for hydroxylation is 1. The van der Waals surface area contributed by atoms with E-state index in [0.717, 1.165) is 26.9 Å². The van der Waals surface area contributed by atoms with Gasteiger partial charge in [-0.3, -0.25) is 19.2 Å². The molecule has 0 bridgehead atoms. The second-order valence-corrected chi connectivity index (χ2v) is 9.47. The number of anilines is 1. The number of nitrogens with zero attached hydrogens (tertiary/aromatic N) is 2. The number of hydrogen-bond acceptors (Lipinski definition) is 5. The molecule has 0 radical (unpaired) electrons. The topological polar surface area (TPSA) is 110 Å². The number of nitrogens with one attached hydrogen (secondary N) is 1. The maximum absolute atomic E-state index is 13.1. The van der Waals surface area contributed by atoms with Gasteiger partial charge < -0.3 is 5.32 Å². The van der Waals surface area contributed by atoms with Crippen molar-refractivity contribution in [2.75, 3.05) is 10.6 Å². The summed E-state index contributed by atoms with van der Waals surface area (Å²) >= 11 is 0. The predicted octanol–water partition coefficient (Wildman–Crippen LogP) is 3.92. The van der Waals surface area contributed by atoms with Crippen molar-refractivity contribution >= 4 is 38.1 Å². The number of sulfonamides is 1. The summed E-state index contributed by atoms with van der Waals surface area (Å²) in [6, 6.07) is 16.6. The van der Waals surface area contributed by atoms with E-state index in [1.165, 1.54) is 18.2 Å². The Kier molecular flexibility index (Phi) is 6.78. The quantitative estimate of drug-likeness (QED) is 0.409. The van der Waals surface area contributed by atoms with Crippen molar-refractivity contribution in [2.45, 2.75) is 32.9 Å². The van der Waals surface area contributed by atoms with Crippen LogP contribution >= 0.6 is 0 Å². The average Bonchev–Trinajstić information content (AvgIpc) is 2.75. The van der Waals surface area contributed by atoms with Gasteiger partial charge in [0.05, 0.1) is 16.9 Å². The minimum absolute atomic E-state index is 0.120. The number of carbonyl (C=O) groups is 1. The molecular formula is C23H25N3O5S. The molecule has 0 aliphatic rings. The molecule has 0 aromatic heterocycles. The molecule has 0 heterocycles. The lowest BCUT2D eigenvalue weighted by Crippen LogP contribution is -2.49. The minimum atomic E-state index is -3.90. The van der Waals surface area contributed by atoms with E-state index >= 15 is 0 Å². The Hall–Kier alpha value is -3.46. The number of benzene rings is 3. The largest absolute Gasteiger partial charge is 0.350 e. The van der Waals surface area contributed by atoms with Crippen molar-refractivity contribution < 1.29 is 18.1 Å². The molecule has 8 nitrogen and oxygen atoms in total. The van der Waals surface area contributed by atoms with Gasteiger partial charge in [0.1, 0.15) is 6.04 Å². The van der Waals surface area contributed by atoms with Gasteiger partial charge in [0.2, 0.25) is 15.9 Å². The molecule has 168 valence electrons. The van der Waals surface area contributed by atoms with Crippen molar-refractivity contribution in [1.82, 2.24) is 5.32 Å². The summed E-state index contributed by atoms with van der Waals surface area (Å²) in [5.74, 6) is -0.475. The fourth-order valence-corrected chi connectivity index (χ4v) is 4.90. The van der Waals surface area contributed by atoms with Crippen molar-refractivity contribution in [2.24, 2.45) is 0 Å². The van der Waals surface area contributed by atoms with E-state index in [1.54, 1.807) is 13.8 Å². The van der Waals surface area contributed by atoms with E-state index in [0.29, 0.717) is 5.56 Å². The molecule has 3 aromatic rings. The molecule has 1 atom stereocenters. The van der Waals surface area contributed by atoms with Gasteiger partial charge in [0, 0.05) is 18.7 Å². The van der Waals surface area contributed by atoms with Crippen molar-refractivity contribution in [1.29, 1.82) is 0 Å². The zero-order chi connectivity index (χ0) is 23.5. The number of rotatable bonds is 8. The van der Waals surface area contributed by atoms with Gasteiger partial charge in [0.15, 0.2) is 0 Å². The third-order valence-corrected chi connectivity index (χ3v) is 6.42. The number of fused-ring (bicyclic) bond motifs is 1. The van der Waals surface area contributed by atoms with Crippen LogP contribution < -0.4 is 9.62 Å². The van der Waals surface area contributed by atoms with Crippen LogP contribution in [-0.4, -0.2) is 31.5 Å². The van der Waals surface area contributed by atoms with Crippen LogP contribution in [0.5, 0.6) is 0 Å². The van der Waals surface area contributed by atoms with E-state index in [-0.39, 0.29) is 24.3 Å². The first kappa shape index (κ1) is 23.2. The lowest BCUT2D eigenvalue weighted by Gasteiger charge is -2.31. The Morgan fingerprint density at radius 3 is 2.41 bits per heavy atom. The second kappa shape index (κ2) is 9.35. The number of nitro benzene ring substituents is 1. The van der Waals surface area contributed by atoms with Gasteiger partial charge in [-0.2, -0.15) is 0 Å². The summed E-state index contributed by atoms with van der Waals surface area (Å²) in [5, 5.41) is 16.2. The standard InChI is InChI=1S/C23H25N3O5S/c1-4-21(23(27)24-15-17-10-11-18-7-5-6-8-19(18)13-17)25(32(3,30)31)22-14-20(26(28)29)12-9-16(22)2/h5-14,21H,4,15H2,1-3H3,(H,24,27). The molecule has 0 aliphatic carbocycles. The van der Waals surface area contributed by atoms with Crippen LogP contribution in [0.1, 0.15) is 24.5 Å². The van der Waals surface area contributed by atoms with E-state index in [4.69, 9.17) is 0 Å². The van der Waals surface area contributed by atoms with Crippen LogP contribution in [-0.2, 0) is 21.4 Å². The molecule has 1 unspecified atom stereocenters. The van der Waals surface area contributed by atoms with Crippen molar-refractivity contribution in [3.63, 3.8) is 0 Å². The third-order valence-electron chi connectivity index (χ3n) is 5.25.